The molecule has 11 heteroatoms. The maximum absolute atomic E-state index is 14.7. The molecule has 1 aromatic carbocycles. The molecule has 0 bridgehead atoms. The number of halogens is 2. The first-order valence-electron chi connectivity index (χ1n) is 14.6. The zero-order valence-electron chi connectivity index (χ0n) is 25.1. The van der Waals surface area contributed by atoms with E-state index in [4.69, 9.17) is 38.7 Å². The Bertz CT molecular complexity index is 1890. The Hall–Kier alpha value is -4.08. The molecule has 2 N–H and O–H groups in total. The van der Waals surface area contributed by atoms with Crippen molar-refractivity contribution in [3.8, 4) is 22.7 Å². The number of carbonyl (C=O) groups is 1. The van der Waals surface area contributed by atoms with Gasteiger partial charge in [-0.15, -0.1) is 0 Å². The second-order valence-electron chi connectivity index (χ2n) is 11.8. The summed E-state index contributed by atoms with van der Waals surface area (Å²) in [4.78, 5) is 41.2. The molecule has 6 rings (SSSR count). The molecule has 9 nitrogen and oxygen atoms in total. The van der Waals surface area contributed by atoms with Gasteiger partial charge in [-0.2, -0.15) is 0 Å². The van der Waals surface area contributed by atoms with Crippen molar-refractivity contribution in [3.63, 3.8) is 0 Å². The van der Waals surface area contributed by atoms with Gasteiger partial charge >= 0.3 is 5.56 Å². The fourth-order valence-corrected chi connectivity index (χ4v) is 6.81. The molecule has 1 fully saturated rings. The summed E-state index contributed by atoms with van der Waals surface area (Å²) in [6.45, 7) is 13.0. The molecule has 3 aromatic heterocycles. The van der Waals surface area contributed by atoms with Gasteiger partial charge in [-0.05, 0) is 61.7 Å². The van der Waals surface area contributed by atoms with Gasteiger partial charge in [0.05, 0.1) is 45.5 Å². The number of pyridine rings is 3. The van der Waals surface area contributed by atoms with Crippen molar-refractivity contribution in [1.29, 1.82) is 0 Å². The highest BCUT2D eigenvalue weighted by Gasteiger charge is 2.39. The topological polar surface area (TPSA) is 107 Å². The zero-order valence-corrected chi connectivity index (χ0v) is 26.6. The molecule has 0 radical (unpaired) electrons. The number of nitrogens with zero attached hydrogens (tertiary/aromatic N) is 5. The highest BCUT2D eigenvalue weighted by Crippen LogP contribution is 2.43. The highest BCUT2D eigenvalue weighted by molar-refractivity contribution is 6.36. The Labute approximate surface area is 265 Å². The van der Waals surface area contributed by atoms with Crippen LogP contribution >= 0.6 is 23.2 Å². The van der Waals surface area contributed by atoms with Gasteiger partial charge in [0, 0.05) is 48.4 Å². The number of nitrogen functional groups attached to an aromatic ring is 1. The highest BCUT2D eigenvalue weighted by atomic mass is 35.5. The fraction of sp³-hybridized carbons (Fsp3) is 0.333. The van der Waals surface area contributed by atoms with E-state index in [0.29, 0.717) is 75.5 Å². The number of benzene rings is 1. The van der Waals surface area contributed by atoms with Crippen LogP contribution in [-0.4, -0.2) is 57.1 Å². The van der Waals surface area contributed by atoms with E-state index in [1.807, 2.05) is 44.7 Å². The molecule has 0 spiro atoms. The molecule has 0 aliphatic carbocycles. The van der Waals surface area contributed by atoms with Crippen LogP contribution < -0.4 is 20.9 Å². The van der Waals surface area contributed by atoms with Gasteiger partial charge in [0.15, 0.2) is 5.65 Å². The molecule has 44 heavy (non-hydrogen) atoms. The summed E-state index contributed by atoms with van der Waals surface area (Å²) in [7, 11) is 0. The third-order valence-electron chi connectivity index (χ3n) is 8.49. The average Bonchev–Trinajstić information content (AvgIpc) is 3.18. The van der Waals surface area contributed by atoms with E-state index in [1.165, 1.54) is 6.08 Å². The van der Waals surface area contributed by atoms with E-state index in [0.717, 1.165) is 11.3 Å². The third-order valence-corrected chi connectivity index (χ3v) is 9.11. The summed E-state index contributed by atoms with van der Waals surface area (Å²) >= 11 is 13.6. The van der Waals surface area contributed by atoms with Crippen LogP contribution in [0.3, 0.4) is 0 Å². The monoisotopic (exact) mass is 632 g/mol. The zero-order chi connectivity index (χ0) is 31.4. The minimum absolute atomic E-state index is 0.0161. The van der Waals surface area contributed by atoms with Gasteiger partial charge in [-0.1, -0.05) is 43.6 Å². The summed E-state index contributed by atoms with van der Waals surface area (Å²) < 4.78 is 7.91. The SMILES string of the molecule is C=CC(=O)N1CC2CCOc3c(c4cc(Cl)c(-c5cc(N)ccc5Cl)nc4n(-c4c(C)ccnc4C(C)C)c3=O)N2CC1C. The molecular formula is C33H34Cl2N6O3. The number of aromatic nitrogens is 3. The maximum atomic E-state index is 14.7. The van der Waals surface area contributed by atoms with Crippen LogP contribution in [0.15, 0.2) is 54.0 Å². The number of nitrogens with two attached hydrogens (primary N) is 1. The lowest BCUT2D eigenvalue weighted by atomic mass is 10.0. The number of amides is 1. The Morgan fingerprint density at radius 2 is 1.93 bits per heavy atom. The molecule has 228 valence electrons. The van der Waals surface area contributed by atoms with Crippen molar-refractivity contribution in [2.45, 2.75) is 52.1 Å². The van der Waals surface area contributed by atoms with E-state index < -0.39 is 0 Å². The largest absolute Gasteiger partial charge is 0.486 e. The lowest BCUT2D eigenvalue weighted by molar-refractivity contribution is -0.128. The molecule has 2 aliphatic rings. The number of hydrogen-bond acceptors (Lipinski definition) is 7. The molecule has 5 heterocycles. The number of fused-ring (bicyclic) bond motifs is 5. The lowest BCUT2D eigenvalue weighted by Gasteiger charge is -2.45. The van der Waals surface area contributed by atoms with Crippen LogP contribution in [0.1, 0.15) is 44.4 Å². The number of rotatable bonds is 4. The van der Waals surface area contributed by atoms with E-state index >= 15 is 0 Å². The number of ether oxygens (including phenoxy) is 1. The molecule has 0 saturated carbocycles. The van der Waals surface area contributed by atoms with Gasteiger partial charge in [-0.25, -0.2) is 4.98 Å². The van der Waals surface area contributed by atoms with E-state index in [9.17, 15) is 9.59 Å². The summed E-state index contributed by atoms with van der Waals surface area (Å²) in [5.41, 5.74) is 10.5. The predicted octanol–water partition coefficient (Wildman–Crippen LogP) is 6.14. The Morgan fingerprint density at radius 3 is 2.66 bits per heavy atom. The quantitative estimate of drug-likeness (QED) is 0.213. The first-order valence-corrected chi connectivity index (χ1v) is 15.4. The smallest absolute Gasteiger partial charge is 0.301 e. The van der Waals surface area contributed by atoms with Crippen molar-refractivity contribution in [2.75, 3.05) is 30.3 Å². The van der Waals surface area contributed by atoms with E-state index in [-0.39, 0.29) is 35.2 Å². The first-order chi connectivity index (χ1) is 21.0. The van der Waals surface area contributed by atoms with Crippen LogP contribution in [0.4, 0.5) is 11.4 Å². The number of anilines is 2. The van der Waals surface area contributed by atoms with Gasteiger partial charge < -0.3 is 20.3 Å². The van der Waals surface area contributed by atoms with Crippen LogP contribution in [0.2, 0.25) is 10.0 Å². The molecule has 4 aromatic rings. The van der Waals surface area contributed by atoms with E-state index in [1.54, 1.807) is 29.0 Å². The number of hydrogen-bond donors (Lipinski definition) is 1. The predicted molar refractivity (Wildman–Crippen MR) is 176 cm³/mol. The minimum Gasteiger partial charge on any atom is -0.486 e. The van der Waals surface area contributed by atoms with Crippen LogP contribution in [-0.2, 0) is 4.79 Å². The van der Waals surface area contributed by atoms with Gasteiger partial charge in [0.2, 0.25) is 11.7 Å². The second-order valence-corrected chi connectivity index (χ2v) is 12.6. The van der Waals surface area contributed by atoms with E-state index in [2.05, 4.69) is 16.5 Å². The van der Waals surface area contributed by atoms with Gasteiger partial charge in [-0.3, -0.25) is 19.1 Å². The molecule has 1 amide bonds. The summed E-state index contributed by atoms with van der Waals surface area (Å²) in [6.07, 6.45) is 3.71. The lowest BCUT2D eigenvalue weighted by Crippen LogP contribution is -2.59. The van der Waals surface area contributed by atoms with Crippen molar-refractivity contribution < 1.29 is 9.53 Å². The maximum Gasteiger partial charge on any atom is 0.301 e. The molecule has 2 atom stereocenters. The third kappa shape index (κ3) is 4.88. The average molecular weight is 634 g/mol. The minimum atomic E-state index is -0.345. The molecule has 2 aliphatic heterocycles. The normalized spacial score (nSPS) is 18.1. The Morgan fingerprint density at radius 1 is 1.16 bits per heavy atom. The summed E-state index contributed by atoms with van der Waals surface area (Å²) in [5, 5.41) is 1.42. The second kappa shape index (κ2) is 11.4. The number of piperazine rings is 1. The van der Waals surface area contributed by atoms with Crippen LogP contribution in [0, 0.1) is 6.92 Å². The Balaban J connectivity index is 1.71. The van der Waals surface area contributed by atoms with Gasteiger partial charge in [0.25, 0.3) is 0 Å². The molecule has 2 unspecified atom stereocenters. The standard InChI is InChI=1S/C33H34Cl2N6O3/c1-6-26(42)39-16-21-10-12-44-31-30(40(21)15-19(39)5)23-14-25(35)28(22-13-20(36)7-8-24(22)34)38-32(23)41(33(31)43)29-18(4)9-11-37-27(29)17(2)3/h6-9,11,13-14,17,19,21H,1,10,12,15-16,36H2,2-5H3. The molecule has 1 saturated heterocycles. The van der Waals surface area contributed by atoms with Gasteiger partial charge in [0.1, 0.15) is 0 Å². The van der Waals surface area contributed by atoms with Crippen molar-refractivity contribution >= 4 is 51.5 Å². The fourth-order valence-electron chi connectivity index (χ4n) is 6.35. The van der Waals surface area contributed by atoms with Crippen LogP contribution in [0.5, 0.6) is 5.75 Å². The summed E-state index contributed by atoms with van der Waals surface area (Å²) in [5.74, 6) is 0.119. The first kappa shape index (κ1) is 30.0. The molecular weight excluding hydrogens is 599 g/mol. The number of aryl methyl sites for hydroxylation is 1. The van der Waals surface area contributed by atoms with Crippen molar-refractivity contribution in [3.05, 3.63) is 80.8 Å². The van der Waals surface area contributed by atoms with Crippen LogP contribution in [0.25, 0.3) is 28.0 Å². The van der Waals surface area contributed by atoms with Crippen molar-refractivity contribution in [1.82, 2.24) is 19.4 Å². The summed E-state index contributed by atoms with van der Waals surface area (Å²) in [6, 6.07) is 8.60. The Kier molecular flexibility index (Phi) is 7.80. The van der Waals surface area contributed by atoms with Crippen molar-refractivity contribution in [2.24, 2.45) is 0 Å². The number of carbonyl (C=O) groups excluding carboxylic acids is 1.